The molecule has 0 aromatic rings. The van der Waals surface area contributed by atoms with Crippen molar-refractivity contribution in [2.45, 2.75) is 13.0 Å². The van der Waals surface area contributed by atoms with Gasteiger partial charge in [-0.05, 0) is 6.92 Å². The van der Waals surface area contributed by atoms with E-state index >= 15 is 0 Å². The second-order valence-electron chi connectivity index (χ2n) is 1.01. The topological polar surface area (TPSA) is 57.5 Å². The molecule has 0 aliphatic heterocycles. The second-order valence-corrected chi connectivity index (χ2v) is 1.01. The van der Waals surface area contributed by atoms with Crippen molar-refractivity contribution < 1.29 is 39.6 Å². The molecule has 8 heavy (non-hydrogen) atoms. The van der Waals surface area contributed by atoms with Crippen molar-refractivity contribution in [2.24, 2.45) is 0 Å². The summed E-state index contributed by atoms with van der Waals surface area (Å²) < 4.78 is 0. The summed E-state index contributed by atoms with van der Waals surface area (Å²) in [6.07, 6.45) is -1.23. The van der Waals surface area contributed by atoms with E-state index in [1.807, 2.05) is 0 Å². The smallest absolute Gasteiger partial charge is 1.00 e. The first-order chi connectivity index (χ1) is 2.64. The Morgan fingerprint density at radius 3 is 1.88 bits per heavy atom. The molecular formula is C3H8BaO3Ti. The zero-order valence-electron chi connectivity index (χ0n) is 6.59. The molecular weight excluding hydrogens is 269 g/mol. The fourth-order valence-electron chi connectivity index (χ4n) is 0. The molecule has 0 heterocycles. The molecule has 0 fully saturated rings. The van der Waals surface area contributed by atoms with Gasteiger partial charge < -0.3 is 13.1 Å². The largest absolute Gasteiger partial charge is 2.00 e. The molecule has 0 bridgehead atoms. The van der Waals surface area contributed by atoms with Gasteiger partial charge in [0.15, 0.2) is 0 Å². The number of carbonyl (C=O) groups is 1. The molecule has 2 N–H and O–H groups in total. The standard InChI is InChI=1S/C3H6O3.Ba.Ti.2H/c1-2(4)3(5)6;;;;/h2,4H,1H3,(H,5,6);;;;/q;+2;;2*-1. The fraction of sp³-hybridized carbons (Fsp3) is 0.667. The Kier molecular flexibility index (Phi) is 17.8. The van der Waals surface area contributed by atoms with E-state index in [2.05, 4.69) is 0 Å². The van der Waals surface area contributed by atoms with Crippen molar-refractivity contribution in [3.63, 3.8) is 0 Å². The van der Waals surface area contributed by atoms with Crippen molar-refractivity contribution >= 4 is 54.9 Å². The molecule has 0 rings (SSSR count). The molecule has 0 saturated carbocycles. The quantitative estimate of drug-likeness (QED) is 0.623. The molecule has 0 aliphatic carbocycles. The predicted molar refractivity (Wildman–Crippen MR) is 27.3 cm³/mol. The molecule has 0 aromatic heterocycles. The van der Waals surface area contributed by atoms with Crippen LogP contribution < -0.4 is 0 Å². The van der Waals surface area contributed by atoms with E-state index in [1.54, 1.807) is 0 Å². The molecule has 1 atom stereocenters. The van der Waals surface area contributed by atoms with E-state index in [1.165, 1.54) is 6.92 Å². The van der Waals surface area contributed by atoms with E-state index < -0.39 is 12.1 Å². The van der Waals surface area contributed by atoms with Crippen LogP contribution in [0.15, 0.2) is 0 Å². The van der Waals surface area contributed by atoms with Crippen LogP contribution in [0.1, 0.15) is 9.78 Å². The van der Waals surface area contributed by atoms with Gasteiger partial charge in [-0.15, -0.1) is 0 Å². The number of carboxylic acids is 1. The van der Waals surface area contributed by atoms with Gasteiger partial charge in [0, 0.05) is 21.7 Å². The van der Waals surface area contributed by atoms with Gasteiger partial charge >= 0.3 is 54.9 Å². The number of aliphatic carboxylic acids is 1. The van der Waals surface area contributed by atoms with Crippen LogP contribution in [0.25, 0.3) is 0 Å². The SMILES string of the molecule is CC(O)C(=O)O.[Ba+2].[H-].[H-].[Ti]. The van der Waals surface area contributed by atoms with Crippen LogP contribution in [0.5, 0.6) is 0 Å². The Morgan fingerprint density at radius 1 is 1.75 bits per heavy atom. The summed E-state index contributed by atoms with van der Waals surface area (Å²) in [5.74, 6) is -1.19. The monoisotopic (exact) mass is 278 g/mol. The number of hydrogen-bond acceptors (Lipinski definition) is 2. The molecule has 0 aliphatic rings. The van der Waals surface area contributed by atoms with Gasteiger partial charge in [0.2, 0.25) is 0 Å². The summed E-state index contributed by atoms with van der Waals surface area (Å²) in [5.41, 5.74) is 0. The molecule has 0 aromatic carbocycles. The Bertz CT molecular complexity index is 72.8. The first kappa shape index (κ1) is 16.4. The normalized spacial score (nSPS) is 10.2. The zero-order chi connectivity index (χ0) is 5.15. The molecule has 44 valence electrons. The average Bonchev–Trinajstić information content (AvgIpc) is 1.36. The van der Waals surface area contributed by atoms with E-state index in [4.69, 9.17) is 10.2 Å². The van der Waals surface area contributed by atoms with Crippen LogP contribution in [-0.4, -0.2) is 71.2 Å². The number of carboxylic acid groups (broad SMARTS) is 1. The minimum absolute atomic E-state index is 0. The van der Waals surface area contributed by atoms with E-state index in [9.17, 15) is 4.79 Å². The zero-order valence-corrected chi connectivity index (χ0v) is 10.6. The summed E-state index contributed by atoms with van der Waals surface area (Å²) in [5, 5.41) is 15.8. The summed E-state index contributed by atoms with van der Waals surface area (Å²) in [4.78, 5) is 9.45. The van der Waals surface area contributed by atoms with Crippen LogP contribution in [-0.2, 0) is 26.5 Å². The van der Waals surface area contributed by atoms with Crippen molar-refractivity contribution in [1.82, 2.24) is 0 Å². The number of rotatable bonds is 1. The number of aliphatic hydroxyl groups excluding tert-OH is 1. The van der Waals surface area contributed by atoms with E-state index in [0.29, 0.717) is 0 Å². The molecule has 0 amide bonds. The van der Waals surface area contributed by atoms with Crippen LogP contribution in [0.2, 0.25) is 0 Å². The van der Waals surface area contributed by atoms with Gasteiger partial charge in [-0.25, -0.2) is 4.79 Å². The maximum absolute atomic E-state index is 9.45. The Morgan fingerprint density at radius 2 is 1.88 bits per heavy atom. The first-order valence-corrected chi connectivity index (χ1v) is 1.55. The summed E-state index contributed by atoms with van der Waals surface area (Å²) in [7, 11) is 0. The van der Waals surface area contributed by atoms with E-state index in [0.717, 1.165) is 0 Å². The average molecular weight is 277 g/mol. The summed E-state index contributed by atoms with van der Waals surface area (Å²) >= 11 is 0. The first-order valence-electron chi connectivity index (χ1n) is 1.55. The third-order valence-corrected chi connectivity index (χ3v) is 0.357. The molecule has 0 radical (unpaired) electrons. The minimum Gasteiger partial charge on any atom is -1.00 e. The van der Waals surface area contributed by atoms with Gasteiger partial charge in [0.25, 0.3) is 0 Å². The predicted octanol–water partition coefficient (Wildman–Crippen LogP) is -0.706. The van der Waals surface area contributed by atoms with Crippen LogP contribution >= 0.6 is 0 Å². The maximum atomic E-state index is 9.45. The number of aliphatic hydroxyl groups is 1. The summed E-state index contributed by atoms with van der Waals surface area (Å²) in [6.45, 7) is 1.20. The Labute approximate surface area is 106 Å². The molecule has 3 nitrogen and oxygen atoms in total. The molecule has 0 saturated heterocycles. The third kappa shape index (κ3) is 10.7. The van der Waals surface area contributed by atoms with Crippen molar-refractivity contribution in [3.05, 3.63) is 0 Å². The van der Waals surface area contributed by atoms with Gasteiger partial charge in [-0.3, -0.25) is 0 Å². The van der Waals surface area contributed by atoms with Crippen molar-refractivity contribution in [3.8, 4) is 0 Å². The Hall–Kier alpha value is 1.72. The van der Waals surface area contributed by atoms with Crippen molar-refractivity contribution in [2.75, 3.05) is 0 Å². The van der Waals surface area contributed by atoms with E-state index in [-0.39, 0.29) is 73.5 Å². The van der Waals surface area contributed by atoms with Crippen molar-refractivity contribution in [1.29, 1.82) is 0 Å². The second kappa shape index (κ2) is 8.72. The van der Waals surface area contributed by atoms with Crippen LogP contribution in [0.4, 0.5) is 0 Å². The number of hydrogen-bond donors (Lipinski definition) is 2. The maximum Gasteiger partial charge on any atom is 2.00 e. The Balaban J connectivity index is -0.0000000208. The third-order valence-electron chi connectivity index (χ3n) is 0.357. The summed E-state index contributed by atoms with van der Waals surface area (Å²) in [6, 6.07) is 0. The van der Waals surface area contributed by atoms with Crippen LogP contribution in [0, 0.1) is 0 Å². The minimum atomic E-state index is -1.23. The molecule has 5 heteroatoms. The van der Waals surface area contributed by atoms with Gasteiger partial charge in [-0.2, -0.15) is 0 Å². The fourth-order valence-corrected chi connectivity index (χ4v) is 0. The van der Waals surface area contributed by atoms with Crippen LogP contribution in [0.3, 0.4) is 0 Å². The molecule has 0 spiro atoms. The van der Waals surface area contributed by atoms with Gasteiger partial charge in [0.05, 0.1) is 0 Å². The molecule has 1 unspecified atom stereocenters. The van der Waals surface area contributed by atoms with Gasteiger partial charge in [-0.1, -0.05) is 0 Å². The van der Waals surface area contributed by atoms with Gasteiger partial charge in [0.1, 0.15) is 6.10 Å².